The van der Waals surface area contributed by atoms with E-state index in [1.165, 1.54) is 22.5 Å². The maximum atomic E-state index is 6.47. The molecule has 1 fully saturated rings. The van der Waals surface area contributed by atoms with Crippen molar-refractivity contribution in [2.45, 2.75) is 58.2 Å². The fourth-order valence-electron chi connectivity index (χ4n) is 6.93. The molecule has 0 radical (unpaired) electrons. The number of aryl methyl sites for hydroxylation is 3. The van der Waals surface area contributed by atoms with E-state index in [4.69, 9.17) is 20.4 Å². The van der Waals surface area contributed by atoms with Crippen molar-refractivity contribution in [1.82, 2.24) is 29.4 Å². The maximum Gasteiger partial charge on any atom is 0.146 e. The minimum Gasteiger partial charge on any atom is -0.457 e. The molecule has 4 aromatic heterocycles. The van der Waals surface area contributed by atoms with Gasteiger partial charge >= 0.3 is 0 Å². The van der Waals surface area contributed by atoms with Crippen molar-refractivity contribution >= 4 is 16.9 Å². The molecule has 232 valence electrons. The SMILES string of the molecule is Cc1cccnc1[C@H]1CCC[C@@H](c2ncccc2C)N1CCCn1cc(-c2ccc(Oc3ccccc3)cc2)c2c(N)ncnc21. The molecular weight excluding hydrogens is 570 g/mol. The first-order valence-electron chi connectivity index (χ1n) is 16.1. The van der Waals surface area contributed by atoms with Crippen molar-refractivity contribution in [3.05, 3.63) is 126 Å². The van der Waals surface area contributed by atoms with Gasteiger partial charge in [0.15, 0.2) is 0 Å². The van der Waals surface area contributed by atoms with Gasteiger partial charge in [-0.2, -0.15) is 0 Å². The quantitative estimate of drug-likeness (QED) is 0.176. The molecule has 7 rings (SSSR count). The number of pyridine rings is 2. The number of hydrogen-bond acceptors (Lipinski definition) is 7. The second kappa shape index (κ2) is 13.1. The Hall–Kier alpha value is -5.08. The second-order valence-electron chi connectivity index (χ2n) is 12.1. The monoisotopic (exact) mass is 609 g/mol. The molecule has 6 aromatic rings. The molecule has 0 amide bonds. The second-order valence-corrected chi connectivity index (χ2v) is 12.1. The number of ether oxygens (including phenoxy) is 1. The average molecular weight is 610 g/mol. The van der Waals surface area contributed by atoms with Crippen molar-refractivity contribution in [3.8, 4) is 22.6 Å². The largest absolute Gasteiger partial charge is 0.457 e. The summed E-state index contributed by atoms with van der Waals surface area (Å²) in [4.78, 5) is 21.4. The molecule has 0 saturated carbocycles. The van der Waals surface area contributed by atoms with Crippen LogP contribution >= 0.6 is 0 Å². The molecule has 1 aliphatic rings. The lowest BCUT2D eigenvalue weighted by Crippen LogP contribution is -2.38. The molecule has 2 aromatic carbocycles. The molecule has 2 N–H and O–H groups in total. The van der Waals surface area contributed by atoms with Crippen molar-refractivity contribution < 1.29 is 4.74 Å². The average Bonchev–Trinajstić information content (AvgIpc) is 3.46. The molecule has 5 heterocycles. The van der Waals surface area contributed by atoms with Crippen molar-refractivity contribution in [2.75, 3.05) is 12.3 Å². The van der Waals surface area contributed by atoms with Crippen molar-refractivity contribution in [2.24, 2.45) is 0 Å². The number of rotatable bonds is 9. The zero-order valence-corrected chi connectivity index (χ0v) is 26.4. The Morgan fingerprint density at radius 1 is 0.739 bits per heavy atom. The highest BCUT2D eigenvalue weighted by Crippen LogP contribution is 2.42. The molecule has 8 heteroatoms. The zero-order chi connectivity index (χ0) is 31.5. The number of likely N-dealkylation sites (tertiary alicyclic amines) is 1. The molecule has 0 spiro atoms. The zero-order valence-electron chi connectivity index (χ0n) is 26.4. The predicted octanol–water partition coefficient (Wildman–Crippen LogP) is 8.24. The number of nitrogens with two attached hydrogens (primary N) is 1. The summed E-state index contributed by atoms with van der Waals surface area (Å²) >= 11 is 0. The van der Waals surface area contributed by atoms with Crippen LogP contribution in [0.2, 0.25) is 0 Å². The molecule has 1 aliphatic heterocycles. The predicted molar refractivity (Wildman–Crippen MR) is 182 cm³/mol. The van der Waals surface area contributed by atoms with Crippen molar-refractivity contribution in [3.63, 3.8) is 0 Å². The Labute approximate surface area is 269 Å². The summed E-state index contributed by atoms with van der Waals surface area (Å²) < 4.78 is 8.25. The van der Waals surface area contributed by atoms with E-state index in [2.05, 4.69) is 63.7 Å². The van der Waals surface area contributed by atoms with Crippen LogP contribution in [0.15, 0.2) is 104 Å². The summed E-state index contributed by atoms with van der Waals surface area (Å²) in [5, 5.41) is 0.876. The first-order chi connectivity index (χ1) is 22.6. The Kier molecular flexibility index (Phi) is 8.44. The molecule has 8 nitrogen and oxygen atoms in total. The molecule has 2 atom stereocenters. The van der Waals surface area contributed by atoms with E-state index in [1.54, 1.807) is 6.33 Å². The van der Waals surface area contributed by atoms with E-state index in [0.717, 1.165) is 72.4 Å². The molecular formula is C38H39N7O. The summed E-state index contributed by atoms with van der Waals surface area (Å²) in [7, 11) is 0. The van der Waals surface area contributed by atoms with E-state index in [-0.39, 0.29) is 12.1 Å². The van der Waals surface area contributed by atoms with Crippen LogP contribution in [0.5, 0.6) is 11.5 Å². The van der Waals surface area contributed by atoms with Gasteiger partial charge < -0.3 is 15.0 Å². The fraction of sp³-hybridized carbons (Fsp3) is 0.263. The Balaban J connectivity index is 1.16. The lowest BCUT2D eigenvalue weighted by atomic mass is 9.88. The van der Waals surface area contributed by atoms with Gasteiger partial charge in [0.25, 0.3) is 0 Å². The van der Waals surface area contributed by atoms with Crippen LogP contribution in [-0.2, 0) is 6.54 Å². The summed E-state index contributed by atoms with van der Waals surface area (Å²) in [5.41, 5.74) is 14.2. The summed E-state index contributed by atoms with van der Waals surface area (Å²) in [5.74, 6) is 2.06. The fourth-order valence-corrected chi connectivity index (χ4v) is 6.93. The van der Waals surface area contributed by atoms with Gasteiger partial charge in [0, 0.05) is 37.2 Å². The third kappa shape index (κ3) is 5.96. The molecule has 0 bridgehead atoms. The highest BCUT2D eigenvalue weighted by Gasteiger charge is 2.35. The number of fused-ring (bicyclic) bond motifs is 1. The van der Waals surface area contributed by atoms with Gasteiger partial charge in [-0.15, -0.1) is 0 Å². The van der Waals surface area contributed by atoms with Crippen LogP contribution in [0.3, 0.4) is 0 Å². The van der Waals surface area contributed by atoms with E-state index in [1.807, 2.05) is 67.0 Å². The first kappa shape index (κ1) is 29.6. The number of hydrogen-bond donors (Lipinski definition) is 1. The van der Waals surface area contributed by atoms with Gasteiger partial charge in [0.05, 0.1) is 28.9 Å². The minimum atomic E-state index is 0.243. The standard InChI is InChI=1S/C38H39N7O/c1-26-10-7-20-40-35(26)32-14-6-15-33(36-27(2)11-8-21-41-36)45(32)23-9-22-44-24-31(34-37(39)42-25-43-38(34)44)28-16-18-30(19-17-28)46-29-12-4-3-5-13-29/h3-5,7-8,10-13,16-21,24-25,32-33H,6,9,14-15,22-23H2,1-2H3,(H2,39,42,43)/t32-,33+. The smallest absolute Gasteiger partial charge is 0.146 e. The lowest BCUT2D eigenvalue weighted by molar-refractivity contribution is 0.0736. The molecule has 1 saturated heterocycles. The third-order valence-corrected chi connectivity index (χ3v) is 9.13. The normalized spacial score (nSPS) is 16.9. The van der Waals surface area contributed by atoms with Crippen LogP contribution in [0.25, 0.3) is 22.2 Å². The van der Waals surface area contributed by atoms with E-state index in [9.17, 15) is 0 Å². The Morgan fingerprint density at radius 3 is 2.04 bits per heavy atom. The highest BCUT2D eigenvalue weighted by molar-refractivity contribution is 6.00. The number of para-hydroxylation sites is 1. The van der Waals surface area contributed by atoms with Crippen LogP contribution in [0, 0.1) is 13.8 Å². The summed E-state index contributed by atoms with van der Waals surface area (Å²) in [6.07, 6.45) is 11.8. The van der Waals surface area contributed by atoms with Gasteiger partial charge in [-0.25, -0.2) is 9.97 Å². The number of nitrogens with zero attached hydrogens (tertiary/aromatic N) is 6. The highest BCUT2D eigenvalue weighted by atomic mass is 16.5. The topological polar surface area (TPSA) is 95.0 Å². The number of piperidine rings is 1. The van der Waals surface area contributed by atoms with E-state index < -0.39 is 0 Å². The first-order valence-corrected chi connectivity index (χ1v) is 16.1. The van der Waals surface area contributed by atoms with Gasteiger partial charge in [0.2, 0.25) is 0 Å². The number of anilines is 1. The van der Waals surface area contributed by atoms with Gasteiger partial charge in [-0.1, -0.05) is 42.5 Å². The lowest BCUT2D eigenvalue weighted by Gasteiger charge is -2.42. The van der Waals surface area contributed by atoms with Gasteiger partial charge in [-0.05, 0) is 92.6 Å². The van der Waals surface area contributed by atoms with Gasteiger partial charge in [0.1, 0.15) is 29.3 Å². The van der Waals surface area contributed by atoms with E-state index >= 15 is 0 Å². The van der Waals surface area contributed by atoms with Crippen LogP contribution in [0.4, 0.5) is 5.82 Å². The number of benzene rings is 2. The molecule has 0 unspecified atom stereocenters. The Morgan fingerprint density at radius 2 is 1.39 bits per heavy atom. The van der Waals surface area contributed by atoms with E-state index in [0.29, 0.717) is 5.82 Å². The maximum absolute atomic E-state index is 6.47. The van der Waals surface area contributed by atoms with Crippen molar-refractivity contribution in [1.29, 1.82) is 0 Å². The summed E-state index contributed by atoms with van der Waals surface area (Å²) in [6, 6.07) is 26.8. The number of aromatic nitrogens is 5. The number of nitrogen functional groups attached to an aromatic ring is 1. The summed E-state index contributed by atoms with van der Waals surface area (Å²) in [6.45, 7) is 6.05. The van der Waals surface area contributed by atoms with Crippen LogP contribution in [-0.4, -0.2) is 35.9 Å². The minimum absolute atomic E-state index is 0.243. The molecule has 0 aliphatic carbocycles. The third-order valence-electron chi connectivity index (χ3n) is 9.13. The Bertz CT molecular complexity index is 1880. The molecule has 46 heavy (non-hydrogen) atoms. The van der Waals surface area contributed by atoms with Crippen LogP contribution in [0.1, 0.15) is 60.3 Å². The van der Waals surface area contributed by atoms with Crippen LogP contribution < -0.4 is 10.5 Å². The van der Waals surface area contributed by atoms with Gasteiger partial charge in [-0.3, -0.25) is 14.9 Å².